The molecule has 0 saturated heterocycles. The van der Waals surface area contributed by atoms with Crippen molar-refractivity contribution in [3.63, 3.8) is 0 Å². The van der Waals surface area contributed by atoms with Crippen molar-refractivity contribution >= 4 is 23.4 Å². The Kier molecular flexibility index (Phi) is 6.47. The molecular weight excluding hydrogens is 342 g/mol. The van der Waals surface area contributed by atoms with E-state index in [0.717, 1.165) is 17.0 Å². The lowest BCUT2D eigenvalue weighted by Gasteiger charge is -2.15. The van der Waals surface area contributed by atoms with Crippen molar-refractivity contribution < 1.29 is 9.53 Å². The molecule has 1 atom stereocenters. The van der Waals surface area contributed by atoms with Gasteiger partial charge in [0.05, 0.1) is 0 Å². The maximum Gasteiger partial charge on any atom is 0.258 e. The van der Waals surface area contributed by atoms with Gasteiger partial charge in [0, 0.05) is 23.4 Å². The van der Waals surface area contributed by atoms with Crippen LogP contribution in [0, 0.1) is 0 Å². The second-order valence-electron chi connectivity index (χ2n) is 5.81. The predicted molar refractivity (Wildman–Crippen MR) is 107 cm³/mol. The number of thioether (sulfide) groups is 1. The third kappa shape index (κ3) is 4.97. The zero-order chi connectivity index (χ0) is 18.2. The average Bonchev–Trinajstić information content (AvgIpc) is 2.70. The summed E-state index contributed by atoms with van der Waals surface area (Å²) in [4.78, 5) is 13.7. The van der Waals surface area contributed by atoms with Crippen molar-refractivity contribution in [1.29, 1.82) is 0 Å². The van der Waals surface area contributed by atoms with Gasteiger partial charge < -0.3 is 10.1 Å². The molecule has 0 heterocycles. The third-order valence-corrected chi connectivity index (χ3v) is 5.03. The molecule has 26 heavy (non-hydrogen) atoms. The summed E-state index contributed by atoms with van der Waals surface area (Å²) in [6, 6.07) is 27.7. The Morgan fingerprint density at radius 3 is 2.15 bits per heavy atom. The number of nitrogens with one attached hydrogen (secondary N) is 1. The first-order valence-electron chi connectivity index (χ1n) is 8.41. The van der Waals surface area contributed by atoms with E-state index < -0.39 is 6.10 Å². The number of rotatable bonds is 7. The first-order chi connectivity index (χ1) is 12.8. The highest BCUT2D eigenvalue weighted by atomic mass is 32.2. The van der Waals surface area contributed by atoms with E-state index in [9.17, 15) is 4.79 Å². The van der Waals surface area contributed by atoms with Gasteiger partial charge in [0.15, 0.2) is 6.10 Å². The number of carbonyl (C=O) groups excluding carboxylic acids is 1. The van der Waals surface area contributed by atoms with Crippen molar-refractivity contribution in [2.75, 3.05) is 12.4 Å². The highest BCUT2D eigenvalue weighted by molar-refractivity contribution is 7.98. The van der Waals surface area contributed by atoms with Crippen LogP contribution >= 0.6 is 11.8 Å². The van der Waals surface area contributed by atoms with Gasteiger partial charge in [-0.15, -0.1) is 11.8 Å². The molecule has 0 unspecified atom stereocenters. The summed E-state index contributed by atoms with van der Waals surface area (Å²) in [6.07, 6.45) is -0.621. The van der Waals surface area contributed by atoms with Gasteiger partial charge in [-0.1, -0.05) is 60.7 Å². The number of hydrogen-bond acceptors (Lipinski definition) is 3. The average molecular weight is 363 g/mol. The van der Waals surface area contributed by atoms with E-state index in [2.05, 4.69) is 17.4 Å². The lowest BCUT2D eigenvalue weighted by Crippen LogP contribution is -2.22. The fourth-order valence-electron chi connectivity index (χ4n) is 2.60. The molecule has 0 aliphatic heterocycles. The van der Waals surface area contributed by atoms with Gasteiger partial charge in [0.1, 0.15) is 0 Å². The molecule has 0 radical (unpaired) electrons. The lowest BCUT2D eigenvalue weighted by molar-refractivity contribution is -0.126. The Bertz CT molecular complexity index is 820. The second-order valence-corrected chi connectivity index (χ2v) is 6.86. The number of anilines is 1. The molecule has 132 valence electrons. The Balaban J connectivity index is 1.59. The van der Waals surface area contributed by atoms with E-state index in [4.69, 9.17) is 4.74 Å². The van der Waals surface area contributed by atoms with Crippen molar-refractivity contribution in [3.05, 3.63) is 96.1 Å². The summed E-state index contributed by atoms with van der Waals surface area (Å²) >= 11 is 1.79. The van der Waals surface area contributed by atoms with Crippen LogP contribution in [0.4, 0.5) is 5.69 Å². The minimum Gasteiger partial charge on any atom is -0.367 e. The minimum atomic E-state index is -0.621. The molecule has 1 amide bonds. The normalized spacial score (nSPS) is 11.7. The maximum absolute atomic E-state index is 12.5. The van der Waals surface area contributed by atoms with Crippen LogP contribution in [0.5, 0.6) is 0 Å². The van der Waals surface area contributed by atoms with Gasteiger partial charge in [0.2, 0.25) is 0 Å². The molecule has 0 aliphatic rings. The third-order valence-electron chi connectivity index (χ3n) is 3.95. The first kappa shape index (κ1) is 18.2. The van der Waals surface area contributed by atoms with Crippen molar-refractivity contribution in [2.45, 2.75) is 16.8 Å². The number of methoxy groups -OCH3 is 1. The SMILES string of the molecule is CO[C@H](C(=O)Nc1ccc(CSc2ccccc2)cc1)c1ccccc1. The minimum absolute atomic E-state index is 0.176. The van der Waals surface area contributed by atoms with Crippen LogP contribution in [-0.4, -0.2) is 13.0 Å². The molecule has 4 heteroatoms. The van der Waals surface area contributed by atoms with Crippen molar-refractivity contribution in [2.24, 2.45) is 0 Å². The Labute approximate surface area is 158 Å². The molecular formula is C22H21NO2S. The summed E-state index contributed by atoms with van der Waals surface area (Å²) < 4.78 is 5.37. The monoisotopic (exact) mass is 363 g/mol. The fraction of sp³-hybridized carbons (Fsp3) is 0.136. The summed E-state index contributed by atoms with van der Waals surface area (Å²) in [7, 11) is 1.54. The molecule has 3 rings (SSSR count). The highest BCUT2D eigenvalue weighted by Crippen LogP contribution is 2.24. The van der Waals surface area contributed by atoms with Crippen LogP contribution < -0.4 is 5.32 Å². The number of ether oxygens (including phenoxy) is 1. The summed E-state index contributed by atoms with van der Waals surface area (Å²) in [5.74, 6) is 0.716. The zero-order valence-electron chi connectivity index (χ0n) is 14.6. The summed E-state index contributed by atoms with van der Waals surface area (Å²) in [6.45, 7) is 0. The molecule has 0 saturated carbocycles. The van der Waals surface area contributed by atoms with Gasteiger partial charge in [-0.3, -0.25) is 4.79 Å². The zero-order valence-corrected chi connectivity index (χ0v) is 15.4. The van der Waals surface area contributed by atoms with Crippen LogP contribution in [0.3, 0.4) is 0 Å². The van der Waals surface area contributed by atoms with E-state index in [1.165, 1.54) is 10.5 Å². The number of carbonyl (C=O) groups is 1. The molecule has 3 nitrogen and oxygen atoms in total. The number of amides is 1. The van der Waals surface area contributed by atoms with Crippen LogP contribution in [0.1, 0.15) is 17.2 Å². The largest absolute Gasteiger partial charge is 0.367 e. The highest BCUT2D eigenvalue weighted by Gasteiger charge is 2.19. The topological polar surface area (TPSA) is 38.3 Å². The van der Waals surface area contributed by atoms with E-state index in [1.807, 2.05) is 72.8 Å². The van der Waals surface area contributed by atoms with Crippen LogP contribution in [0.25, 0.3) is 0 Å². The van der Waals surface area contributed by atoms with Crippen LogP contribution in [0.15, 0.2) is 89.8 Å². The van der Waals surface area contributed by atoms with E-state index in [0.29, 0.717) is 0 Å². The van der Waals surface area contributed by atoms with Crippen LogP contribution in [0.2, 0.25) is 0 Å². The first-order valence-corrected chi connectivity index (χ1v) is 9.40. The molecule has 0 spiro atoms. The Morgan fingerprint density at radius 1 is 0.923 bits per heavy atom. The quantitative estimate of drug-likeness (QED) is 0.579. The van der Waals surface area contributed by atoms with Crippen molar-refractivity contribution in [1.82, 2.24) is 0 Å². The van der Waals surface area contributed by atoms with Crippen molar-refractivity contribution in [3.8, 4) is 0 Å². The smallest absolute Gasteiger partial charge is 0.258 e. The Hall–Kier alpha value is -2.56. The molecule has 1 N–H and O–H groups in total. The molecule has 0 fully saturated rings. The van der Waals surface area contributed by atoms with Gasteiger partial charge in [-0.05, 0) is 35.4 Å². The van der Waals surface area contributed by atoms with Gasteiger partial charge in [-0.2, -0.15) is 0 Å². The summed E-state index contributed by atoms with van der Waals surface area (Å²) in [5, 5.41) is 2.92. The predicted octanol–water partition coefficient (Wildman–Crippen LogP) is 5.31. The molecule has 0 bridgehead atoms. The molecule has 0 aliphatic carbocycles. The van der Waals surface area contributed by atoms with E-state index >= 15 is 0 Å². The van der Waals surface area contributed by atoms with E-state index in [1.54, 1.807) is 18.9 Å². The lowest BCUT2D eigenvalue weighted by atomic mass is 10.1. The standard InChI is InChI=1S/C22H21NO2S/c1-25-21(18-8-4-2-5-9-18)22(24)23-19-14-12-17(13-15-19)16-26-20-10-6-3-7-11-20/h2-15,21H,16H2,1H3,(H,23,24)/t21-/m0/s1. The van der Waals surface area contributed by atoms with Gasteiger partial charge in [-0.25, -0.2) is 0 Å². The second kappa shape index (κ2) is 9.22. The van der Waals surface area contributed by atoms with Crippen LogP contribution in [-0.2, 0) is 15.3 Å². The molecule has 0 aromatic heterocycles. The number of hydrogen-bond donors (Lipinski definition) is 1. The molecule has 3 aromatic rings. The van der Waals surface area contributed by atoms with Gasteiger partial charge >= 0.3 is 0 Å². The number of benzene rings is 3. The van der Waals surface area contributed by atoms with E-state index in [-0.39, 0.29) is 5.91 Å². The fourth-order valence-corrected chi connectivity index (χ4v) is 3.47. The van der Waals surface area contributed by atoms with Gasteiger partial charge in [0.25, 0.3) is 5.91 Å². The summed E-state index contributed by atoms with van der Waals surface area (Å²) in [5.41, 5.74) is 2.81. The maximum atomic E-state index is 12.5. The Morgan fingerprint density at radius 2 is 1.54 bits per heavy atom. The molecule has 3 aromatic carbocycles.